The maximum Gasteiger partial charge on any atom is 0.340 e. The quantitative estimate of drug-likeness (QED) is 0.203. The second-order valence-electron chi connectivity index (χ2n) is 8.69. The molecular formula is C24H29N5O5. The van der Waals surface area contributed by atoms with Gasteiger partial charge in [-0.15, -0.1) is 0 Å². The molecule has 0 spiro atoms. The van der Waals surface area contributed by atoms with Gasteiger partial charge in [0.2, 0.25) is 5.82 Å². The third kappa shape index (κ3) is 6.25. The Hall–Kier alpha value is -4.08. The molecule has 0 saturated carbocycles. The van der Waals surface area contributed by atoms with Gasteiger partial charge < -0.3 is 25.1 Å². The fourth-order valence-corrected chi connectivity index (χ4v) is 3.33. The molecule has 0 atom stereocenters. The van der Waals surface area contributed by atoms with E-state index < -0.39 is 10.5 Å². The SMILES string of the molecule is COc1ccc(-c2cn(CCCNc3ccc([N+](=O)[O-])c(N)n3)cc2C(=O)OC(C)(C)C)cc1. The van der Waals surface area contributed by atoms with Crippen LogP contribution in [-0.4, -0.2) is 39.7 Å². The van der Waals surface area contributed by atoms with Crippen LogP contribution in [0.1, 0.15) is 37.6 Å². The molecule has 2 heterocycles. The average molecular weight is 468 g/mol. The molecule has 0 radical (unpaired) electrons. The minimum absolute atomic E-state index is 0.133. The van der Waals surface area contributed by atoms with Crippen molar-refractivity contribution >= 4 is 23.3 Å². The van der Waals surface area contributed by atoms with Crippen molar-refractivity contribution in [2.24, 2.45) is 0 Å². The smallest absolute Gasteiger partial charge is 0.340 e. The number of aryl methyl sites for hydroxylation is 1. The first kappa shape index (κ1) is 24.6. The monoisotopic (exact) mass is 467 g/mol. The second kappa shape index (κ2) is 10.2. The number of nitrogens with two attached hydrogens (primary N) is 1. The van der Waals surface area contributed by atoms with Gasteiger partial charge in [-0.1, -0.05) is 12.1 Å². The Morgan fingerprint density at radius 1 is 1.18 bits per heavy atom. The molecule has 10 heteroatoms. The highest BCUT2D eigenvalue weighted by Crippen LogP contribution is 2.29. The molecule has 34 heavy (non-hydrogen) atoms. The van der Waals surface area contributed by atoms with Crippen molar-refractivity contribution in [2.75, 3.05) is 24.7 Å². The minimum Gasteiger partial charge on any atom is -0.497 e. The average Bonchev–Trinajstić information content (AvgIpc) is 3.20. The first-order valence-corrected chi connectivity index (χ1v) is 10.8. The summed E-state index contributed by atoms with van der Waals surface area (Å²) in [4.78, 5) is 27.2. The van der Waals surface area contributed by atoms with Crippen molar-refractivity contribution in [1.82, 2.24) is 9.55 Å². The van der Waals surface area contributed by atoms with Gasteiger partial charge in [-0.3, -0.25) is 10.1 Å². The van der Waals surface area contributed by atoms with Crippen molar-refractivity contribution in [3.05, 3.63) is 64.5 Å². The van der Waals surface area contributed by atoms with Crippen LogP contribution in [0, 0.1) is 10.1 Å². The van der Waals surface area contributed by atoms with Crippen molar-refractivity contribution < 1.29 is 19.2 Å². The maximum absolute atomic E-state index is 12.9. The molecule has 0 unspecified atom stereocenters. The van der Waals surface area contributed by atoms with E-state index in [1.54, 1.807) is 13.3 Å². The van der Waals surface area contributed by atoms with E-state index in [1.165, 1.54) is 12.1 Å². The van der Waals surface area contributed by atoms with Gasteiger partial charge in [-0.25, -0.2) is 9.78 Å². The van der Waals surface area contributed by atoms with E-state index in [2.05, 4.69) is 10.3 Å². The third-order valence-electron chi connectivity index (χ3n) is 4.90. The van der Waals surface area contributed by atoms with Crippen LogP contribution < -0.4 is 15.8 Å². The van der Waals surface area contributed by atoms with Crippen molar-refractivity contribution in [3.8, 4) is 16.9 Å². The van der Waals surface area contributed by atoms with Crippen LogP contribution in [0.2, 0.25) is 0 Å². The number of benzene rings is 1. The molecule has 0 aliphatic rings. The number of hydrogen-bond donors (Lipinski definition) is 2. The van der Waals surface area contributed by atoms with E-state index in [0.29, 0.717) is 30.9 Å². The lowest BCUT2D eigenvalue weighted by Crippen LogP contribution is -2.24. The molecule has 0 fully saturated rings. The number of esters is 1. The van der Waals surface area contributed by atoms with E-state index in [1.807, 2.05) is 55.8 Å². The van der Waals surface area contributed by atoms with Crippen LogP contribution in [-0.2, 0) is 11.3 Å². The number of pyridine rings is 1. The molecule has 10 nitrogen and oxygen atoms in total. The number of carbonyl (C=O) groups is 1. The zero-order valence-electron chi connectivity index (χ0n) is 19.7. The number of carbonyl (C=O) groups excluding carboxylic acids is 1. The lowest BCUT2D eigenvalue weighted by atomic mass is 10.0. The molecular weight excluding hydrogens is 438 g/mol. The number of ether oxygens (including phenoxy) is 2. The van der Waals surface area contributed by atoms with Crippen LogP contribution in [0.15, 0.2) is 48.8 Å². The van der Waals surface area contributed by atoms with Crippen LogP contribution >= 0.6 is 0 Å². The van der Waals surface area contributed by atoms with Crippen LogP contribution in [0.4, 0.5) is 17.3 Å². The summed E-state index contributed by atoms with van der Waals surface area (Å²) in [6.07, 6.45) is 4.42. The summed E-state index contributed by atoms with van der Waals surface area (Å²) in [5.41, 5.74) is 6.93. The first-order chi connectivity index (χ1) is 16.1. The molecule has 3 rings (SSSR count). The maximum atomic E-state index is 12.9. The van der Waals surface area contributed by atoms with Gasteiger partial charge in [0.1, 0.15) is 17.2 Å². The predicted molar refractivity (Wildman–Crippen MR) is 130 cm³/mol. The number of anilines is 2. The van der Waals surface area contributed by atoms with Crippen molar-refractivity contribution in [2.45, 2.75) is 39.3 Å². The highest BCUT2D eigenvalue weighted by molar-refractivity contribution is 5.97. The van der Waals surface area contributed by atoms with Crippen LogP contribution in [0.3, 0.4) is 0 Å². The number of methoxy groups -OCH3 is 1. The topological polar surface area (TPSA) is 135 Å². The van der Waals surface area contributed by atoms with Gasteiger partial charge in [0.05, 0.1) is 17.6 Å². The predicted octanol–water partition coefficient (Wildman–Crippen LogP) is 4.51. The molecule has 3 N–H and O–H groups in total. The Labute approximate surface area is 197 Å². The Morgan fingerprint density at radius 2 is 1.88 bits per heavy atom. The third-order valence-corrected chi connectivity index (χ3v) is 4.90. The summed E-state index contributed by atoms with van der Waals surface area (Å²) in [5.74, 6) is 0.671. The summed E-state index contributed by atoms with van der Waals surface area (Å²) in [6.45, 7) is 6.68. The highest BCUT2D eigenvalue weighted by Gasteiger charge is 2.23. The lowest BCUT2D eigenvalue weighted by molar-refractivity contribution is -0.384. The van der Waals surface area contributed by atoms with E-state index in [-0.39, 0.29) is 17.5 Å². The van der Waals surface area contributed by atoms with Gasteiger partial charge in [-0.2, -0.15) is 0 Å². The summed E-state index contributed by atoms with van der Waals surface area (Å²) >= 11 is 0. The molecule has 0 bridgehead atoms. The van der Waals surface area contributed by atoms with E-state index >= 15 is 0 Å². The molecule has 0 aliphatic heterocycles. The minimum atomic E-state index is -0.611. The Balaban J connectivity index is 1.72. The first-order valence-electron chi connectivity index (χ1n) is 10.8. The number of nitrogens with zero attached hydrogens (tertiary/aromatic N) is 3. The Morgan fingerprint density at radius 3 is 2.47 bits per heavy atom. The zero-order chi connectivity index (χ0) is 24.9. The normalized spacial score (nSPS) is 11.2. The fourth-order valence-electron chi connectivity index (χ4n) is 3.33. The van der Waals surface area contributed by atoms with E-state index in [0.717, 1.165) is 16.9 Å². The Bertz CT molecular complexity index is 1170. The standard InChI is InChI=1S/C24H29N5O5/c1-24(2,3)34-23(30)19-15-28(14-18(19)16-6-8-17(33-4)9-7-16)13-5-12-26-21-11-10-20(29(31)32)22(25)27-21/h6-11,14-15H,5,12-13H2,1-4H3,(H3,25,26,27). The van der Waals surface area contributed by atoms with Crippen molar-refractivity contribution in [1.29, 1.82) is 0 Å². The second-order valence-corrected chi connectivity index (χ2v) is 8.69. The van der Waals surface area contributed by atoms with E-state index in [4.69, 9.17) is 15.2 Å². The summed E-state index contributed by atoms with van der Waals surface area (Å²) < 4.78 is 12.8. The number of nitrogens with one attached hydrogen (secondary N) is 1. The largest absolute Gasteiger partial charge is 0.497 e. The number of rotatable bonds is 9. The molecule has 180 valence electrons. The van der Waals surface area contributed by atoms with Gasteiger partial charge >= 0.3 is 11.7 Å². The summed E-state index contributed by atoms with van der Waals surface area (Å²) in [7, 11) is 1.60. The molecule has 3 aromatic rings. The molecule has 2 aromatic heterocycles. The van der Waals surface area contributed by atoms with Gasteiger partial charge in [0.25, 0.3) is 0 Å². The lowest BCUT2D eigenvalue weighted by Gasteiger charge is -2.19. The van der Waals surface area contributed by atoms with E-state index in [9.17, 15) is 14.9 Å². The molecule has 0 amide bonds. The highest BCUT2D eigenvalue weighted by atomic mass is 16.6. The molecule has 0 saturated heterocycles. The zero-order valence-corrected chi connectivity index (χ0v) is 19.7. The number of nitrogen functional groups attached to an aromatic ring is 1. The van der Waals surface area contributed by atoms with Crippen molar-refractivity contribution in [3.63, 3.8) is 0 Å². The van der Waals surface area contributed by atoms with Gasteiger partial charge in [0, 0.05) is 37.1 Å². The molecule has 0 aliphatic carbocycles. The van der Waals surface area contributed by atoms with Crippen LogP contribution in [0.25, 0.3) is 11.1 Å². The summed E-state index contributed by atoms with van der Waals surface area (Å²) in [6, 6.07) is 10.3. The van der Waals surface area contributed by atoms with Gasteiger partial charge in [0.15, 0.2) is 0 Å². The fraction of sp³-hybridized carbons (Fsp3) is 0.333. The molecule has 1 aromatic carbocycles. The Kier molecular flexibility index (Phi) is 7.40. The number of nitro groups is 1. The number of aromatic nitrogens is 2. The van der Waals surface area contributed by atoms with Gasteiger partial charge in [-0.05, 0) is 51.0 Å². The summed E-state index contributed by atoms with van der Waals surface area (Å²) in [5, 5.41) is 14.0. The van der Waals surface area contributed by atoms with Crippen LogP contribution in [0.5, 0.6) is 5.75 Å². The number of hydrogen-bond acceptors (Lipinski definition) is 8.